The molecule has 4 aromatic carbocycles. The first-order valence-electron chi connectivity index (χ1n) is 13.1. The quantitative estimate of drug-likeness (QED) is 0.215. The van der Waals surface area contributed by atoms with Gasteiger partial charge >= 0.3 is 5.97 Å². The van der Waals surface area contributed by atoms with Crippen molar-refractivity contribution < 1.29 is 22.7 Å². The van der Waals surface area contributed by atoms with E-state index in [1.165, 1.54) is 12.1 Å². The van der Waals surface area contributed by atoms with Crippen LogP contribution in [0, 0.1) is 6.92 Å². The highest BCUT2D eigenvalue weighted by molar-refractivity contribution is 7.89. The smallest absolute Gasteiger partial charge is 0.324 e. The van der Waals surface area contributed by atoms with Gasteiger partial charge in [0.15, 0.2) is 5.78 Å². The molecule has 4 aromatic rings. The molecule has 204 valence electrons. The second-order valence-corrected chi connectivity index (χ2v) is 11.6. The Labute approximate surface area is 234 Å². The van der Waals surface area contributed by atoms with Crippen molar-refractivity contribution in [1.29, 1.82) is 0 Å². The van der Waals surface area contributed by atoms with Crippen molar-refractivity contribution in [1.82, 2.24) is 4.72 Å². The number of rotatable bonds is 10. The second-order valence-electron chi connectivity index (χ2n) is 9.86. The minimum atomic E-state index is -4.06. The highest BCUT2D eigenvalue weighted by Gasteiger charge is 2.32. The van der Waals surface area contributed by atoms with Gasteiger partial charge in [-0.25, -0.2) is 8.42 Å². The van der Waals surface area contributed by atoms with E-state index >= 15 is 0 Å². The third-order valence-electron chi connectivity index (χ3n) is 6.93. The first-order chi connectivity index (χ1) is 19.3. The summed E-state index contributed by atoms with van der Waals surface area (Å²) >= 11 is 0. The normalized spacial score (nSPS) is 15.1. The van der Waals surface area contributed by atoms with Gasteiger partial charge in [0.05, 0.1) is 10.9 Å². The van der Waals surface area contributed by atoms with Crippen molar-refractivity contribution in [2.75, 3.05) is 5.32 Å². The fraction of sp³-hybridized carbons (Fsp3) is 0.188. The number of esters is 1. The predicted octanol–water partition coefficient (Wildman–Crippen LogP) is 4.85. The largest absolute Gasteiger partial charge is 0.460 e. The van der Waals surface area contributed by atoms with Crippen LogP contribution in [-0.2, 0) is 39.0 Å². The lowest BCUT2D eigenvalue weighted by molar-refractivity contribution is -0.147. The molecule has 0 spiro atoms. The number of fused-ring (bicyclic) bond motifs is 1. The first-order valence-corrected chi connectivity index (χ1v) is 14.5. The van der Waals surface area contributed by atoms with Gasteiger partial charge in [-0.3, -0.25) is 9.59 Å². The SMILES string of the molecule is Cc1ccc(S(=O)(=O)N[C@@H](Cc2ccccc2C(=O)[C@@H]2Cc3ccccc3N2)C(=O)OCc2ccccc2)cc1. The Morgan fingerprint density at radius 1 is 0.900 bits per heavy atom. The number of carbonyl (C=O) groups excluding carboxylic acids is 2. The van der Waals surface area contributed by atoms with Crippen LogP contribution in [0.25, 0.3) is 0 Å². The summed E-state index contributed by atoms with van der Waals surface area (Å²) in [5, 5.41) is 3.29. The van der Waals surface area contributed by atoms with Crippen LogP contribution in [0.1, 0.15) is 32.6 Å². The van der Waals surface area contributed by atoms with E-state index in [4.69, 9.17) is 4.74 Å². The third-order valence-corrected chi connectivity index (χ3v) is 8.42. The first kappa shape index (κ1) is 27.3. The molecule has 0 bridgehead atoms. The molecule has 0 saturated heterocycles. The Hall–Kier alpha value is -4.27. The van der Waals surface area contributed by atoms with E-state index in [9.17, 15) is 18.0 Å². The zero-order chi connectivity index (χ0) is 28.1. The van der Waals surface area contributed by atoms with Crippen molar-refractivity contribution in [3.05, 3.63) is 131 Å². The zero-order valence-corrected chi connectivity index (χ0v) is 22.9. The lowest BCUT2D eigenvalue weighted by atomic mass is 9.93. The van der Waals surface area contributed by atoms with E-state index in [0.29, 0.717) is 17.5 Å². The van der Waals surface area contributed by atoms with E-state index in [1.807, 2.05) is 61.5 Å². The number of aryl methyl sites for hydroxylation is 1. The Morgan fingerprint density at radius 3 is 2.33 bits per heavy atom. The Balaban J connectivity index is 1.40. The molecule has 1 aliphatic heterocycles. The topological polar surface area (TPSA) is 102 Å². The summed E-state index contributed by atoms with van der Waals surface area (Å²) < 4.78 is 34.6. The Kier molecular flexibility index (Phi) is 8.09. The second kappa shape index (κ2) is 11.9. The van der Waals surface area contributed by atoms with Gasteiger partial charge in [0.1, 0.15) is 12.6 Å². The lowest BCUT2D eigenvalue weighted by Gasteiger charge is -2.20. The number of benzene rings is 4. The molecule has 0 unspecified atom stereocenters. The van der Waals surface area contributed by atoms with Crippen molar-refractivity contribution in [2.24, 2.45) is 0 Å². The van der Waals surface area contributed by atoms with E-state index in [2.05, 4.69) is 10.0 Å². The minimum Gasteiger partial charge on any atom is -0.460 e. The summed E-state index contributed by atoms with van der Waals surface area (Å²) in [7, 11) is -4.06. The molecule has 0 radical (unpaired) electrons. The number of ether oxygens (including phenoxy) is 1. The molecule has 0 fully saturated rings. The molecule has 1 heterocycles. The number of nitrogens with one attached hydrogen (secondary N) is 2. The fourth-order valence-corrected chi connectivity index (χ4v) is 5.96. The molecule has 2 atom stereocenters. The number of anilines is 1. The van der Waals surface area contributed by atoms with Gasteiger partial charge in [-0.15, -0.1) is 0 Å². The molecular weight excluding hydrogens is 524 g/mol. The number of para-hydroxylation sites is 1. The standard InChI is InChI=1S/C32H30N2O5S/c1-22-15-17-26(18-16-22)40(37,38)34-30(32(36)39-21-23-9-3-2-4-10-23)19-24-11-5-7-13-27(24)31(35)29-20-25-12-6-8-14-28(25)33-29/h2-18,29-30,33-34H,19-21H2,1H3/t29-,30-/m0/s1. The van der Waals surface area contributed by atoms with E-state index in [-0.39, 0.29) is 23.7 Å². The van der Waals surface area contributed by atoms with Crippen LogP contribution in [0.15, 0.2) is 108 Å². The maximum absolute atomic E-state index is 13.6. The Bertz CT molecular complexity index is 1590. The van der Waals surface area contributed by atoms with Crippen LogP contribution in [0.2, 0.25) is 0 Å². The summed E-state index contributed by atoms with van der Waals surface area (Å²) in [6.45, 7) is 1.85. The molecule has 0 saturated carbocycles. The monoisotopic (exact) mass is 554 g/mol. The molecule has 0 aromatic heterocycles. The summed E-state index contributed by atoms with van der Waals surface area (Å²) in [5.74, 6) is -0.849. The number of Topliss-reactive ketones (excluding diaryl/α,β-unsaturated/α-hetero) is 1. The summed E-state index contributed by atoms with van der Waals surface area (Å²) in [6, 6.07) is 28.6. The van der Waals surface area contributed by atoms with Crippen LogP contribution in [0.3, 0.4) is 0 Å². The molecule has 40 heavy (non-hydrogen) atoms. The average molecular weight is 555 g/mol. The maximum Gasteiger partial charge on any atom is 0.324 e. The Morgan fingerprint density at radius 2 is 1.57 bits per heavy atom. The molecule has 7 nitrogen and oxygen atoms in total. The molecule has 0 amide bonds. The van der Waals surface area contributed by atoms with Crippen molar-refractivity contribution in [2.45, 2.75) is 43.4 Å². The van der Waals surface area contributed by atoms with Crippen LogP contribution >= 0.6 is 0 Å². The summed E-state index contributed by atoms with van der Waals surface area (Å²) in [5.41, 5.74) is 4.66. The molecule has 1 aliphatic rings. The van der Waals surface area contributed by atoms with Gasteiger partial charge in [0.25, 0.3) is 0 Å². The minimum absolute atomic E-state index is 0.00668. The maximum atomic E-state index is 13.6. The van der Waals surface area contributed by atoms with Gasteiger partial charge in [-0.2, -0.15) is 4.72 Å². The van der Waals surface area contributed by atoms with Gasteiger partial charge in [-0.1, -0.05) is 90.5 Å². The van der Waals surface area contributed by atoms with Crippen LogP contribution in [0.5, 0.6) is 0 Å². The van der Waals surface area contributed by atoms with Gasteiger partial charge in [-0.05, 0) is 41.8 Å². The fourth-order valence-electron chi connectivity index (χ4n) is 4.78. The van der Waals surface area contributed by atoms with Crippen molar-refractivity contribution >= 4 is 27.5 Å². The number of sulfonamides is 1. The highest BCUT2D eigenvalue weighted by atomic mass is 32.2. The van der Waals surface area contributed by atoms with Crippen molar-refractivity contribution in [3.63, 3.8) is 0 Å². The lowest BCUT2D eigenvalue weighted by Crippen LogP contribution is -2.43. The van der Waals surface area contributed by atoms with Gasteiger partial charge in [0.2, 0.25) is 10.0 Å². The van der Waals surface area contributed by atoms with E-state index in [0.717, 1.165) is 22.4 Å². The van der Waals surface area contributed by atoms with E-state index < -0.39 is 28.1 Å². The molecule has 0 aliphatic carbocycles. The molecule has 8 heteroatoms. The van der Waals surface area contributed by atoms with Gasteiger partial charge < -0.3 is 10.1 Å². The van der Waals surface area contributed by atoms with Crippen LogP contribution < -0.4 is 10.0 Å². The molecular formula is C32H30N2O5S. The van der Waals surface area contributed by atoms with Crippen LogP contribution in [0.4, 0.5) is 5.69 Å². The molecule has 5 rings (SSSR count). The zero-order valence-electron chi connectivity index (χ0n) is 22.0. The van der Waals surface area contributed by atoms with Gasteiger partial charge in [0, 0.05) is 24.1 Å². The average Bonchev–Trinajstić information content (AvgIpc) is 3.41. The number of carbonyl (C=O) groups is 2. The van der Waals surface area contributed by atoms with E-state index in [1.54, 1.807) is 36.4 Å². The third kappa shape index (κ3) is 6.30. The number of hydrogen-bond acceptors (Lipinski definition) is 6. The highest BCUT2D eigenvalue weighted by Crippen LogP contribution is 2.28. The molecule has 2 N–H and O–H groups in total. The number of hydrogen-bond donors (Lipinski definition) is 2. The van der Waals surface area contributed by atoms with Crippen molar-refractivity contribution in [3.8, 4) is 0 Å². The number of ketones is 1. The predicted molar refractivity (Wildman–Crippen MR) is 154 cm³/mol. The summed E-state index contributed by atoms with van der Waals surface area (Å²) in [6.07, 6.45) is 0.492. The van der Waals surface area contributed by atoms with Crippen LogP contribution in [-0.4, -0.2) is 32.3 Å². The summed E-state index contributed by atoms with van der Waals surface area (Å²) in [4.78, 5) is 27.0.